The van der Waals surface area contributed by atoms with Gasteiger partial charge >= 0.3 is 0 Å². The van der Waals surface area contributed by atoms with Crippen molar-refractivity contribution in [1.82, 2.24) is 4.98 Å². The summed E-state index contributed by atoms with van der Waals surface area (Å²) in [5.74, 6) is 1.03. The largest absolute Gasteiger partial charge is 0.236 e. The standard InChI is InChI=1S/C16H10BrNS2/c17-11-7-5-10(6-8-11)16-18-15-12-3-1-2-4-13(12)19-9-14(15)20-16/h1-8H,9H2. The number of thiazole rings is 1. The molecule has 1 aromatic heterocycles. The van der Waals surface area contributed by atoms with Gasteiger partial charge in [-0.2, -0.15) is 0 Å². The molecule has 0 bridgehead atoms. The number of aromatic nitrogens is 1. The summed E-state index contributed by atoms with van der Waals surface area (Å²) >= 11 is 7.19. The zero-order valence-electron chi connectivity index (χ0n) is 10.5. The molecule has 0 spiro atoms. The smallest absolute Gasteiger partial charge is 0.124 e. The minimum absolute atomic E-state index is 1.03. The Kier molecular flexibility index (Phi) is 3.17. The van der Waals surface area contributed by atoms with Gasteiger partial charge in [0.2, 0.25) is 0 Å². The van der Waals surface area contributed by atoms with E-state index in [2.05, 4.69) is 64.5 Å². The first-order valence-corrected chi connectivity index (χ1v) is 8.88. The molecule has 3 aromatic rings. The highest BCUT2D eigenvalue weighted by atomic mass is 79.9. The third-order valence-electron chi connectivity index (χ3n) is 3.29. The highest BCUT2D eigenvalue weighted by Crippen LogP contribution is 2.45. The molecule has 4 heteroatoms. The van der Waals surface area contributed by atoms with Gasteiger partial charge in [0.1, 0.15) is 5.01 Å². The van der Waals surface area contributed by atoms with Crippen molar-refractivity contribution in [3.63, 3.8) is 0 Å². The quantitative estimate of drug-likeness (QED) is 0.540. The monoisotopic (exact) mass is 359 g/mol. The molecule has 4 rings (SSSR count). The van der Waals surface area contributed by atoms with Crippen LogP contribution in [0.15, 0.2) is 57.9 Å². The number of hydrogen-bond donors (Lipinski definition) is 0. The van der Waals surface area contributed by atoms with Crippen LogP contribution in [0.4, 0.5) is 0 Å². The first-order chi connectivity index (χ1) is 9.81. The second-order valence-electron chi connectivity index (χ2n) is 4.58. The second kappa shape index (κ2) is 5.02. The van der Waals surface area contributed by atoms with E-state index in [4.69, 9.17) is 4.98 Å². The molecule has 0 saturated heterocycles. The highest BCUT2D eigenvalue weighted by Gasteiger charge is 2.21. The van der Waals surface area contributed by atoms with E-state index >= 15 is 0 Å². The van der Waals surface area contributed by atoms with Crippen molar-refractivity contribution >= 4 is 39.0 Å². The van der Waals surface area contributed by atoms with E-state index in [0.29, 0.717) is 0 Å². The Morgan fingerprint density at radius 3 is 2.65 bits per heavy atom. The zero-order valence-corrected chi connectivity index (χ0v) is 13.7. The normalized spacial score (nSPS) is 12.8. The lowest BCUT2D eigenvalue weighted by molar-refractivity contribution is 1.29. The first kappa shape index (κ1) is 12.6. The fourth-order valence-electron chi connectivity index (χ4n) is 2.31. The van der Waals surface area contributed by atoms with Crippen molar-refractivity contribution in [3.05, 3.63) is 57.9 Å². The summed E-state index contributed by atoms with van der Waals surface area (Å²) in [7, 11) is 0. The number of nitrogens with zero attached hydrogens (tertiary/aromatic N) is 1. The van der Waals surface area contributed by atoms with Crippen LogP contribution >= 0.6 is 39.0 Å². The summed E-state index contributed by atoms with van der Waals surface area (Å²) in [6, 6.07) is 16.9. The molecule has 0 fully saturated rings. The molecule has 1 aliphatic rings. The van der Waals surface area contributed by atoms with Crippen molar-refractivity contribution in [3.8, 4) is 21.8 Å². The number of rotatable bonds is 1. The molecule has 0 atom stereocenters. The topological polar surface area (TPSA) is 12.9 Å². The van der Waals surface area contributed by atoms with Gasteiger partial charge in [0, 0.05) is 31.1 Å². The number of thioether (sulfide) groups is 1. The average molecular weight is 360 g/mol. The molecule has 2 aromatic carbocycles. The molecule has 0 radical (unpaired) electrons. The van der Waals surface area contributed by atoms with Crippen LogP contribution in [0.1, 0.15) is 4.88 Å². The summed E-state index contributed by atoms with van der Waals surface area (Å²) < 4.78 is 1.10. The predicted octanol–water partition coefficient (Wildman–Crippen LogP) is 5.85. The maximum atomic E-state index is 4.88. The summed E-state index contributed by atoms with van der Waals surface area (Å²) in [6.45, 7) is 0. The Hall–Kier alpha value is -1.10. The zero-order chi connectivity index (χ0) is 13.5. The van der Waals surface area contributed by atoms with Gasteiger partial charge in [0.05, 0.1) is 5.69 Å². The Morgan fingerprint density at radius 2 is 1.80 bits per heavy atom. The van der Waals surface area contributed by atoms with E-state index in [-0.39, 0.29) is 0 Å². The Labute approximate surface area is 134 Å². The van der Waals surface area contributed by atoms with E-state index in [9.17, 15) is 0 Å². The molecule has 0 amide bonds. The van der Waals surface area contributed by atoms with Crippen LogP contribution in [0.25, 0.3) is 21.8 Å². The summed E-state index contributed by atoms with van der Waals surface area (Å²) in [6.07, 6.45) is 0. The Morgan fingerprint density at radius 1 is 1.00 bits per heavy atom. The van der Waals surface area contributed by atoms with Crippen molar-refractivity contribution in [2.75, 3.05) is 0 Å². The molecule has 1 nitrogen and oxygen atoms in total. The lowest BCUT2D eigenvalue weighted by atomic mass is 10.1. The highest BCUT2D eigenvalue weighted by molar-refractivity contribution is 9.10. The maximum absolute atomic E-state index is 4.88. The van der Waals surface area contributed by atoms with Crippen LogP contribution in [-0.4, -0.2) is 4.98 Å². The summed E-state index contributed by atoms with van der Waals surface area (Å²) in [5, 5.41) is 1.11. The van der Waals surface area contributed by atoms with Gasteiger partial charge in [-0.25, -0.2) is 4.98 Å². The minimum atomic E-state index is 1.03. The molecule has 0 N–H and O–H groups in total. The molecule has 98 valence electrons. The molecule has 0 saturated carbocycles. The van der Waals surface area contributed by atoms with Crippen LogP contribution in [-0.2, 0) is 5.75 Å². The first-order valence-electron chi connectivity index (χ1n) is 6.29. The second-order valence-corrected chi connectivity index (χ2v) is 7.60. The molecule has 0 unspecified atom stereocenters. The SMILES string of the molecule is Brc1ccc(-c2nc3c(s2)CSc2ccccc2-3)cc1. The van der Waals surface area contributed by atoms with Crippen LogP contribution in [0, 0.1) is 0 Å². The van der Waals surface area contributed by atoms with Gasteiger partial charge in [-0.1, -0.05) is 46.3 Å². The van der Waals surface area contributed by atoms with Crippen LogP contribution < -0.4 is 0 Å². The van der Waals surface area contributed by atoms with Crippen molar-refractivity contribution in [1.29, 1.82) is 0 Å². The Bertz CT molecular complexity index is 777. The van der Waals surface area contributed by atoms with Gasteiger partial charge in [0.15, 0.2) is 0 Å². The predicted molar refractivity (Wildman–Crippen MR) is 90.2 cm³/mol. The lowest BCUT2D eigenvalue weighted by Gasteiger charge is -2.13. The fourth-order valence-corrected chi connectivity index (χ4v) is 4.78. The molecule has 1 aliphatic heterocycles. The number of benzene rings is 2. The van der Waals surface area contributed by atoms with E-state index in [0.717, 1.165) is 15.2 Å². The van der Waals surface area contributed by atoms with Crippen LogP contribution in [0.2, 0.25) is 0 Å². The van der Waals surface area contributed by atoms with Crippen molar-refractivity contribution in [2.24, 2.45) is 0 Å². The van der Waals surface area contributed by atoms with Gasteiger partial charge in [-0.05, 0) is 18.2 Å². The third-order valence-corrected chi connectivity index (χ3v) is 6.21. The molecule has 2 heterocycles. The van der Waals surface area contributed by atoms with E-state index < -0.39 is 0 Å². The van der Waals surface area contributed by atoms with E-state index in [1.165, 1.54) is 26.6 Å². The fraction of sp³-hybridized carbons (Fsp3) is 0.0625. The molecular weight excluding hydrogens is 350 g/mol. The maximum Gasteiger partial charge on any atom is 0.124 e. The molecule has 20 heavy (non-hydrogen) atoms. The summed E-state index contributed by atoms with van der Waals surface area (Å²) in [5.41, 5.74) is 3.63. The number of halogens is 1. The number of hydrogen-bond acceptors (Lipinski definition) is 3. The molecular formula is C16H10BrNS2. The van der Waals surface area contributed by atoms with Crippen LogP contribution in [0.5, 0.6) is 0 Å². The van der Waals surface area contributed by atoms with Crippen molar-refractivity contribution < 1.29 is 0 Å². The van der Waals surface area contributed by atoms with Gasteiger partial charge in [0.25, 0.3) is 0 Å². The van der Waals surface area contributed by atoms with Gasteiger partial charge in [-0.3, -0.25) is 0 Å². The molecule has 0 aliphatic carbocycles. The number of fused-ring (bicyclic) bond motifs is 3. The van der Waals surface area contributed by atoms with Crippen molar-refractivity contribution in [2.45, 2.75) is 10.6 Å². The minimum Gasteiger partial charge on any atom is -0.236 e. The summed E-state index contributed by atoms with van der Waals surface area (Å²) in [4.78, 5) is 7.60. The van der Waals surface area contributed by atoms with Gasteiger partial charge in [-0.15, -0.1) is 23.1 Å². The van der Waals surface area contributed by atoms with E-state index in [1.807, 2.05) is 23.1 Å². The van der Waals surface area contributed by atoms with Crippen LogP contribution in [0.3, 0.4) is 0 Å². The average Bonchev–Trinajstić information content (AvgIpc) is 2.92. The lowest BCUT2D eigenvalue weighted by Crippen LogP contribution is -1.92. The van der Waals surface area contributed by atoms with Gasteiger partial charge < -0.3 is 0 Å². The Balaban J connectivity index is 1.84. The van der Waals surface area contributed by atoms with E-state index in [1.54, 1.807) is 0 Å². The third kappa shape index (κ3) is 2.12.